The number of carbonyl (C=O) groups excluding carboxylic acids is 1. The van der Waals surface area contributed by atoms with Crippen LogP contribution < -0.4 is 10.8 Å². The molecule has 0 bridgehead atoms. The molecule has 0 aromatic carbocycles. The van der Waals surface area contributed by atoms with Gasteiger partial charge in [0, 0.05) is 23.7 Å². The number of hydrogen-bond acceptors (Lipinski definition) is 2. The molecule has 3 saturated carbocycles. The molecule has 3 aliphatic rings. The molecule has 3 nitrogen and oxygen atoms in total. The summed E-state index contributed by atoms with van der Waals surface area (Å²) in [6, 6.07) is 0. The third-order valence-corrected chi connectivity index (χ3v) is 9.08. The SMILES string of the molecule is CCCCCCCCCCCCC(=O)[O-].[NH3+]C(C1CCCC1)(C1CCCC1)C1CCCC1. The molecule has 3 aliphatic carbocycles. The van der Waals surface area contributed by atoms with Crippen LogP contribution in [0.1, 0.15) is 155 Å². The fraction of sp³-hybridized carbons (Fsp3) is 0.966. The molecule has 32 heavy (non-hydrogen) atoms. The Hall–Kier alpha value is -0.570. The predicted octanol–water partition coefficient (Wildman–Crippen LogP) is 6.59. The molecule has 3 fully saturated rings. The molecule has 0 aliphatic heterocycles. The van der Waals surface area contributed by atoms with E-state index < -0.39 is 5.97 Å². The van der Waals surface area contributed by atoms with Crippen LogP contribution in [0.4, 0.5) is 0 Å². The lowest BCUT2D eigenvalue weighted by Crippen LogP contribution is -2.81. The van der Waals surface area contributed by atoms with Crippen LogP contribution in [0.3, 0.4) is 0 Å². The van der Waals surface area contributed by atoms with Crippen molar-refractivity contribution >= 4 is 5.97 Å². The number of hydrogen-bond donors (Lipinski definition) is 1. The monoisotopic (exact) mass is 449 g/mol. The van der Waals surface area contributed by atoms with E-state index in [0.717, 1.165) is 30.6 Å². The summed E-state index contributed by atoms with van der Waals surface area (Å²) in [6.45, 7) is 2.23. The molecule has 0 spiro atoms. The molecule has 0 unspecified atom stereocenters. The zero-order chi connectivity index (χ0) is 23.1. The van der Waals surface area contributed by atoms with Gasteiger partial charge >= 0.3 is 0 Å². The van der Waals surface area contributed by atoms with Crippen molar-refractivity contribution in [1.82, 2.24) is 0 Å². The van der Waals surface area contributed by atoms with Crippen LogP contribution in [0.2, 0.25) is 0 Å². The van der Waals surface area contributed by atoms with Gasteiger partial charge in [0.15, 0.2) is 0 Å². The molecule has 188 valence electrons. The van der Waals surface area contributed by atoms with Gasteiger partial charge in [0.2, 0.25) is 0 Å². The maximum absolute atomic E-state index is 10.1. The van der Waals surface area contributed by atoms with Crippen molar-refractivity contribution in [3.63, 3.8) is 0 Å². The van der Waals surface area contributed by atoms with E-state index in [1.807, 2.05) is 0 Å². The minimum absolute atomic E-state index is 0.233. The summed E-state index contributed by atoms with van der Waals surface area (Å²) < 4.78 is 0. The van der Waals surface area contributed by atoms with Gasteiger partial charge in [-0.3, -0.25) is 0 Å². The first-order chi connectivity index (χ1) is 15.6. The van der Waals surface area contributed by atoms with Crippen molar-refractivity contribution < 1.29 is 15.6 Å². The molecule has 0 atom stereocenters. The lowest BCUT2D eigenvalue weighted by atomic mass is 9.64. The van der Waals surface area contributed by atoms with Gasteiger partial charge in [-0.05, 0) is 51.4 Å². The molecule has 3 heteroatoms. The molecule has 0 aromatic heterocycles. The Morgan fingerprint density at radius 2 is 0.969 bits per heavy atom. The second-order valence-corrected chi connectivity index (χ2v) is 11.4. The van der Waals surface area contributed by atoms with Gasteiger partial charge in [-0.2, -0.15) is 0 Å². The molecule has 0 radical (unpaired) electrons. The summed E-state index contributed by atoms with van der Waals surface area (Å²) in [6.07, 6.45) is 30.5. The summed E-state index contributed by atoms with van der Waals surface area (Å²) in [7, 11) is 0. The Kier molecular flexibility index (Phi) is 13.9. The standard InChI is InChI=1S/C16H29N.C13H26O2/c17-16(13-7-1-2-8-13,14-9-3-4-10-14)15-11-5-6-12-15;1-2-3-4-5-6-7-8-9-10-11-12-13(14)15/h13-15H,1-12,17H2;2-12H2,1H3,(H,14,15). The summed E-state index contributed by atoms with van der Waals surface area (Å²) in [5.41, 5.74) is 5.41. The van der Waals surface area contributed by atoms with Crippen molar-refractivity contribution in [2.24, 2.45) is 17.8 Å². The van der Waals surface area contributed by atoms with Crippen molar-refractivity contribution in [3.8, 4) is 0 Å². The third kappa shape index (κ3) is 9.35. The van der Waals surface area contributed by atoms with Crippen molar-refractivity contribution in [2.75, 3.05) is 0 Å². The topological polar surface area (TPSA) is 67.8 Å². The molecule has 0 amide bonds. The summed E-state index contributed by atoms with van der Waals surface area (Å²) in [5.74, 6) is 2.03. The van der Waals surface area contributed by atoms with Gasteiger partial charge in [-0.1, -0.05) is 103 Å². The number of carboxylic acid groups (broad SMARTS) is 1. The largest absolute Gasteiger partial charge is 0.550 e. The Morgan fingerprint density at radius 1 is 0.656 bits per heavy atom. The molecule has 0 aromatic rings. The predicted molar refractivity (Wildman–Crippen MR) is 133 cm³/mol. The van der Waals surface area contributed by atoms with Crippen LogP contribution in [-0.4, -0.2) is 11.5 Å². The van der Waals surface area contributed by atoms with E-state index in [1.54, 1.807) is 0 Å². The second kappa shape index (κ2) is 16.1. The van der Waals surface area contributed by atoms with Crippen LogP contribution in [-0.2, 0) is 4.79 Å². The highest BCUT2D eigenvalue weighted by Gasteiger charge is 2.52. The van der Waals surface area contributed by atoms with Crippen LogP contribution in [0.15, 0.2) is 0 Å². The van der Waals surface area contributed by atoms with Gasteiger partial charge in [0.05, 0.1) is 0 Å². The number of quaternary nitrogens is 1. The summed E-state index contributed by atoms with van der Waals surface area (Å²) in [4.78, 5) is 10.1. The van der Waals surface area contributed by atoms with Gasteiger partial charge in [0.25, 0.3) is 0 Å². The molecular weight excluding hydrogens is 394 g/mol. The highest BCUT2D eigenvalue weighted by atomic mass is 16.4. The molecule has 0 saturated heterocycles. The maximum atomic E-state index is 10.1. The van der Waals surface area contributed by atoms with Gasteiger partial charge in [-0.25, -0.2) is 0 Å². The fourth-order valence-electron chi connectivity index (χ4n) is 7.15. The number of carboxylic acids is 1. The maximum Gasteiger partial charge on any atom is 0.103 e. The van der Waals surface area contributed by atoms with E-state index >= 15 is 0 Å². The lowest BCUT2D eigenvalue weighted by Gasteiger charge is -2.42. The second-order valence-electron chi connectivity index (χ2n) is 11.4. The fourth-order valence-corrected chi connectivity index (χ4v) is 7.15. The van der Waals surface area contributed by atoms with Gasteiger partial charge in [0.1, 0.15) is 5.54 Å². The Bertz CT molecular complexity index is 433. The zero-order valence-electron chi connectivity index (χ0n) is 21.5. The Morgan fingerprint density at radius 3 is 1.28 bits per heavy atom. The van der Waals surface area contributed by atoms with Crippen LogP contribution in [0, 0.1) is 17.8 Å². The highest BCUT2D eigenvalue weighted by Crippen LogP contribution is 2.49. The first-order valence-electron chi connectivity index (χ1n) is 14.6. The number of carbonyl (C=O) groups is 1. The zero-order valence-corrected chi connectivity index (χ0v) is 21.5. The van der Waals surface area contributed by atoms with Crippen molar-refractivity contribution in [3.05, 3.63) is 0 Å². The average molecular weight is 450 g/mol. The van der Waals surface area contributed by atoms with Gasteiger partial charge < -0.3 is 15.6 Å². The first kappa shape index (κ1) is 27.7. The van der Waals surface area contributed by atoms with Crippen molar-refractivity contribution in [1.29, 1.82) is 0 Å². The highest BCUT2D eigenvalue weighted by molar-refractivity contribution is 5.64. The quantitative estimate of drug-likeness (QED) is 0.304. The summed E-state index contributed by atoms with van der Waals surface area (Å²) >= 11 is 0. The Balaban J connectivity index is 0.000000230. The number of unbranched alkanes of at least 4 members (excludes halogenated alkanes) is 9. The first-order valence-corrected chi connectivity index (χ1v) is 14.6. The number of aliphatic carboxylic acids is 1. The average Bonchev–Trinajstić information content (AvgIpc) is 3.58. The third-order valence-electron chi connectivity index (χ3n) is 9.08. The van der Waals surface area contributed by atoms with E-state index in [-0.39, 0.29) is 6.42 Å². The normalized spacial score (nSPS) is 20.6. The van der Waals surface area contributed by atoms with Crippen molar-refractivity contribution in [2.45, 2.75) is 160 Å². The van der Waals surface area contributed by atoms with E-state index in [0.29, 0.717) is 5.54 Å². The van der Waals surface area contributed by atoms with Crippen LogP contribution in [0.5, 0.6) is 0 Å². The van der Waals surface area contributed by atoms with E-state index in [2.05, 4.69) is 6.92 Å². The number of rotatable bonds is 14. The lowest BCUT2D eigenvalue weighted by molar-refractivity contribution is -0.522. The van der Waals surface area contributed by atoms with E-state index in [4.69, 9.17) is 5.73 Å². The van der Waals surface area contributed by atoms with Gasteiger partial charge in [-0.15, -0.1) is 0 Å². The smallest absolute Gasteiger partial charge is 0.103 e. The summed E-state index contributed by atoms with van der Waals surface area (Å²) in [5, 5.41) is 10.1. The molecular formula is C29H55NO2. The molecule has 3 N–H and O–H groups in total. The van der Waals surface area contributed by atoms with Crippen LogP contribution >= 0.6 is 0 Å². The minimum Gasteiger partial charge on any atom is -0.550 e. The minimum atomic E-state index is -0.908. The Labute approximate surface area is 199 Å². The van der Waals surface area contributed by atoms with E-state index in [1.165, 1.54) is 128 Å². The van der Waals surface area contributed by atoms with Crippen LogP contribution in [0.25, 0.3) is 0 Å². The molecule has 0 heterocycles. The van der Waals surface area contributed by atoms with E-state index in [9.17, 15) is 9.90 Å². The molecule has 3 rings (SSSR count).